The summed E-state index contributed by atoms with van der Waals surface area (Å²) < 4.78 is 14.2. The van der Waals surface area contributed by atoms with Crippen LogP contribution in [0, 0.1) is 11.7 Å². The monoisotopic (exact) mass is 627 g/mol. The van der Waals surface area contributed by atoms with Crippen molar-refractivity contribution in [2.45, 2.75) is 82.2 Å². The molecule has 9 heteroatoms. The SMILES string of the molecule is CCC(NC)C(=O)NC1C(=O)N2C(CCC1CCNCc1ccccc1F)CCC2C(=O)NC(c1ccccc1)c1ccccc1. The van der Waals surface area contributed by atoms with Crippen LogP contribution in [0.1, 0.15) is 68.2 Å². The van der Waals surface area contributed by atoms with Gasteiger partial charge in [0.2, 0.25) is 17.7 Å². The largest absolute Gasteiger partial charge is 0.343 e. The van der Waals surface area contributed by atoms with Gasteiger partial charge in [-0.2, -0.15) is 0 Å². The summed E-state index contributed by atoms with van der Waals surface area (Å²) in [6.07, 6.45) is 4.00. The Morgan fingerprint density at radius 1 is 0.891 bits per heavy atom. The third-order valence-corrected chi connectivity index (χ3v) is 9.56. The van der Waals surface area contributed by atoms with Gasteiger partial charge in [0.1, 0.15) is 17.9 Å². The highest BCUT2D eigenvalue weighted by Gasteiger charge is 2.47. The van der Waals surface area contributed by atoms with Gasteiger partial charge in [0.25, 0.3) is 0 Å². The number of hydrogen-bond donors (Lipinski definition) is 4. The van der Waals surface area contributed by atoms with E-state index in [1.54, 1.807) is 24.1 Å². The molecular weight excluding hydrogens is 581 g/mol. The topological polar surface area (TPSA) is 103 Å². The van der Waals surface area contributed by atoms with E-state index >= 15 is 0 Å². The van der Waals surface area contributed by atoms with Crippen LogP contribution in [0.4, 0.5) is 4.39 Å². The number of carbonyl (C=O) groups excluding carboxylic acids is 3. The molecule has 0 radical (unpaired) electrons. The Labute approximate surface area is 271 Å². The number of carbonyl (C=O) groups is 3. The number of halogens is 1. The quantitative estimate of drug-likeness (QED) is 0.210. The van der Waals surface area contributed by atoms with E-state index in [2.05, 4.69) is 21.3 Å². The summed E-state index contributed by atoms with van der Waals surface area (Å²) in [6.45, 7) is 2.86. The molecule has 3 amide bonds. The van der Waals surface area contributed by atoms with Crippen LogP contribution >= 0.6 is 0 Å². The summed E-state index contributed by atoms with van der Waals surface area (Å²) >= 11 is 0. The van der Waals surface area contributed by atoms with E-state index in [1.807, 2.05) is 73.7 Å². The Balaban J connectivity index is 1.34. The van der Waals surface area contributed by atoms with Crippen LogP contribution in [0.2, 0.25) is 0 Å². The second-order valence-electron chi connectivity index (χ2n) is 12.4. The lowest BCUT2D eigenvalue weighted by Crippen LogP contribution is -2.58. The van der Waals surface area contributed by atoms with Gasteiger partial charge >= 0.3 is 0 Å². The highest BCUT2D eigenvalue weighted by molar-refractivity contribution is 5.94. The molecule has 2 fully saturated rings. The second kappa shape index (κ2) is 16.0. The molecule has 0 spiro atoms. The molecule has 0 bridgehead atoms. The second-order valence-corrected chi connectivity index (χ2v) is 12.4. The summed E-state index contributed by atoms with van der Waals surface area (Å²) in [5.41, 5.74) is 2.51. The molecule has 5 unspecified atom stereocenters. The van der Waals surface area contributed by atoms with Gasteiger partial charge in [0, 0.05) is 18.2 Å². The fourth-order valence-electron chi connectivity index (χ4n) is 7.00. The number of hydrogen-bond acceptors (Lipinski definition) is 5. The Bertz CT molecular complexity index is 1410. The molecule has 3 aromatic carbocycles. The van der Waals surface area contributed by atoms with Gasteiger partial charge < -0.3 is 26.2 Å². The number of rotatable bonds is 13. The van der Waals surface area contributed by atoms with E-state index in [0.717, 1.165) is 30.4 Å². The number of benzene rings is 3. The van der Waals surface area contributed by atoms with E-state index in [4.69, 9.17) is 0 Å². The molecule has 2 aliphatic heterocycles. The summed E-state index contributed by atoms with van der Waals surface area (Å²) in [4.78, 5) is 43.6. The van der Waals surface area contributed by atoms with Crippen LogP contribution < -0.4 is 21.3 Å². The average molecular weight is 628 g/mol. The molecule has 8 nitrogen and oxygen atoms in total. The van der Waals surface area contributed by atoms with Gasteiger partial charge in [-0.3, -0.25) is 14.4 Å². The van der Waals surface area contributed by atoms with Gasteiger partial charge in [-0.05, 0) is 75.2 Å². The third kappa shape index (κ3) is 7.82. The number of likely N-dealkylation sites (N-methyl/N-ethyl adjacent to an activating group) is 1. The highest BCUT2D eigenvalue weighted by atomic mass is 19.1. The smallest absolute Gasteiger partial charge is 0.246 e. The molecule has 244 valence electrons. The van der Waals surface area contributed by atoms with Crippen LogP contribution in [0.5, 0.6) is 0 Å². The lowest BCUT2D eigenvalue weighted by atomic mass is 9.90. The minimum absolute atomic E-state index is 0.0720. The maximum atomic E-state index is 14.5. The molecule has 2 heterocycles. The average Bonchev–Trinajstić information content (AvgIpc) is 3.47. The lowest BCUT2D eigenvalue weighted by molar-refractivity contribution is -0.143. The molecule has 4 N–H and O–H groups in total. The molecular formula is C37H46FN5O3. The molecule has 0 aliphatic carbocycles. The van der Waals surface area contributed by atoms with Crippen molar-refractivity contribution in [2.24, 2.45) is 5.92 Å². The summed E-state index contributed by atoms with van der Waals surface area (Å²) in [6, 6.07) is 24.1. The number of fused-ring (bicyclic) bond motifs is 1. The highest BCUT2D eigenvalue weighted by Crippen LogP contribution is 2.36. The maximum absolute atomic E-state index is 14.5. The summed E-state index contributed by atoms with van der Waals surface area (Å²) in [5, 5.41) is 12.7. The Hall–Kier alpha value is -4.08. The van der Waals surface area contributed by atoms with Crippen molar-refractivity contribution in [3.8, 4) is 0 Å². The Kier molecular flexibility index (Phi) is 11.5. The minimum Gasteiger partial charge on any atom is -0.343 e. The molecule has 5 rings (SSSR count). The van der Waals surface area contributed by atoms with Gasteiger partial charge in [0.05, 0.1) is 12.1 Å². The lowest BCUT2D eigenvalue weighted by Gasteiger charge is -2.33. The first-order valence-electron chi connectivity index (χ1n) is 16.6. The molecule has 5 atom stereocenters. The molecule has 0 aromatic heterocycles. The van der Waals surface area contributed by atoms with Crippen molar-refractivity contribution in [2.75, 3.05) is 13.6 Å². The van der Waals surface area contributed by atoms with Crippen molar-refractivity contribution in [1.29, 1.82) is 0 Å². The summed E-state index contributed by atoms with van der Waals surface area (Å²) in [5.74, 6) is -0.997. The molecule has 2 aliphatic rings. The first-order chi connectivity index (χ1) is 22.4. The zero-order chi connectivity index (χ0) is 32.5. The maximum Gasteiger partial charge on any atom is 0.246 e. The standard InChI is InChI=1S/C37H46FN5O3/c1-3-31(39-2)35(44)42-34-27(22-23-40-24-28-16-10-11-17-30(28)38)18-19-29-20-21-32(43(29)37(34)46)36(45)41-33(25-12-6-4-7-13-25)26-14-8-5-9-15-26/h4-17,27,29,31-34,39-40H,3,18-24H2,1-2H3,(H,41,45)(H,42,44). The van der Waals surface area contributed by atoms with E-state index in [0.29, 0.717) is 37.9 Å². The van der Waals surface area contributed by atoms with E-state index in [1.165, 1.54) is 6.07 Å². The third-order valence-electron chi connectivity index (χ3n) is 9.56. The Morgan fingerprint density at radius 3 is 2.15 bits per heavy atom. The van der Waals surface area contributed by atoms with Crippen molar-refractivity contribution in [3.63, 3.8) is 0 Å². The van der Waals surface area contributed by atoms with Crippen LogP contribution in [0.3, 0.4) is 0 Å². The number of nitrogens with zero attached hydrogens (tertiary/aromatic N) is 1. The van der Waals surface area contributed by atoms with Crippen molar-refractivity contribution >= 4 is 17.7 Å². The van der Waals surface area contributed by atoms with Crippen molar-refractivity contribution in [3.05, 3.63) is 107 Å². The van der Waals surface area contributed by atoms with Gasteiger partial charge in [-0.25, -0.2) is 4.39 Å². The number of nitrogens with one attached hydrogen (secondary N) is 4. The first kappa shape index (κ1) is 33.3. The zero-order valence-corrected chi connectivity index (χ0v) is 26.8. The minimum atomic E-state index is -0.761. The van der Waals surface area contributed by atoms with E-state index < -0.39 is 18.1 Å². The molecule has 3 aromatic rings. The van der Waals surface area contributed by atoms with Crippen LogP contribution in [0.15, 0.2) is 84.9 Å². The Morgan fingerprint density at radius 2 is 1.52 bits per heavy atom. The van der Waals surface area contributed by atoms with Crippen LogP contribution in [0.25, 0.3) is 0 Å². The fraction of sp³-hybridized carbons (Fsp3) is 0.432. The van der Waals surface area contributed by atoms with Gasteiger partial charge in [-0.15, -0.1) is 0 Å². The van der Waals surface area contributed by atoms with E-state index in [-0.39, 0.29) is 41.5 Å². The van der Waals surface area contributed by atoms with Crippen molar-refractivity contribution < 1.29 is 18.8 Å². The van der Waals surface area contributed by atoms with Gasteiger partial charge in [-0.1, -0.05) is 85.8 Å². The molecule has 0 saturated carbocycles. The zero-order valence-electron chi connectivity index (χ0n) is 26.8. The van der Waals surface area contributed by atoms with E-state index in [9.17, 15) is 18.8 Å². The molecule has 2 saturated heterocycles. The number of amides is 3. The van der Waals surface area contributed by atoms with Crippen LogP contribution in [-0.4, -0.2) is 60.4 Å². The first-order valence-corrected chi connectivity index (χ1v) is 16.6. The van der Waals surface area contributed by atoms with Crippen LogP contribution in [-0.2, 0) is 20.9 Å². The predicted octanol–water partition coefficient (Wildman–Crippen LogP) is 4.46. The fourth-order valence-corrected chi connectivity index (χ4v) is 7.00. The predicted molar refractivity (Wildman–Crippen MR) is 177 cm³/mol. The van der Waals surface area contributed by atoms with Crippen molar-refractivity contribution in [1.82, 2.24) is 26.2 Å². The van der Waals surface area contributed by atoms with Gasteiger partial charge in [0.15, 0.2) is 0 Å². The normalized spacial score (nSPS) is 21.8. The summed E-state index contributed by atoms with van der Waals surface area (Å²) in [7, 11) is 1.74. The molecule has 46 heavy (non-hydrogen) atoms.